The maximum atomic E-state index is 3.42. The minimum atomic E-state index is 0.523. The van der Waals surface area contributed by atoms with Gasteiger partial charge in [0.05, 0.1) is 0 Å². The van der Waals surface area contributed by atoms with E-state index in [-0.39, 0.29) is 0 Å². The van der Waals surface area contributed by atoms with Gasteiger partial charge in [0.25, 0.3) is 0 Å². The Morgan fingerprint density at radius 2 is 1.62 bits per heavy atom. The molecule has 1 atom stereocenters. The van der Waals surface area contributed by atoms with Crippen LogP contribution in [0, 0.1) is 0 Å². The number of aromatic nitrogens is 1. The summed E-state index contributed by atoms with van der Waals surface area (Å²) >= 11 is 0. The van der Waals surface area contributed by atoms with Crippen molar-refractivity contribution in [1.82, 2.24) is 9.88 Å². The highest BCUT2D eigenvalue weighted by atomic mass is 14.9. The molecule has 0 spiro atoms. The molecule has 1 aromatic heterocycles. The second-order valence-corrected chi connectivity index (χ2v) is 6.29. The smallest absolute Gasteiger partial charge is 0.0332 e. The summed E-state index contributed by atoms with van der Waals surface area (Å²) in [7, 11) is 2.07. The van der Waals surface area contributed by atoms with E-state index in [1.54, 1.807) is 0 Å². The quantitative estimate of drug-likeness (QED) is 0.462. The van der Waals surface area contributed by atoms with Crippen LogP contribution in [0.4, 0.5) is 0 Å². The van der Waals surface area contributed by atoms with Crippen molar-refractivity contribution >= 4 is 0 Å². The minimum Gasteiger partial charge on any atom is -0.354 e. The predicted molar refractivity (Wildman–Crippen MR) is 93.8 cm³/mol. The summed E-state index contributed by atoms with van der Waals surface area (Å²) in [5.74, 6) is 0. The highest BCUT2D eigenvalue weighted by Gasteiger charge is 2.08. The first kappa shape index (κ1) is 18.3. The molecule has 0 aliphatic rings. The lowest BCUT2D eigenvalue weighted by Crippen LogP contribution is -2.15. The summed E-state index contributed by atoms with van der Waals surface area (Å²) in [5, 5.41) is 3.42. The summed E-state index contributed by atoms with van der Waals surface area (Å²) in [4.78, 5) is 0. The molecular weight excluding hydrogens is 256 g/mol. The molecular formula is C19H36N2. The van der Waals surface area contributed by atoms with Gasteiger partial charge in [-0.1, -0.05) is 65.2 Å². The Kier molecular flexibility index (Phi) is 10.3. The molecule has 21 heavy (non-hydrogen) atoms. The molecule has 1 unspecified atom stereocenters. The number of hydrogen-bond donors (Lipinski definition) is 1. The fourth-order valence-electron chi connectivity index (χ4n) is 3.00. The van der Waals surface area contributed by atoms with Crippen molar-refractivity contribution in [2.45, 2.75) is 90.6 Å². The lowest BCUT2D eigenvalue weighted by molar-refractivity contribution is 0.532. The van der Waals surface area contributed by atoms with E-state index in [0.717, 1.165) is 0 Å². The first-order chi connectivity index (χ1) is 10.3. The number of nitrogens with zero attached hydrogens (tertiary/aromatic N) is 1. The predicted octanol–water partition coefficient (Wildman–Crippen LogP) is 5.69. The summed E-state index contributed by atoms with van der Waals surface area (Å²) in [6.07, 6.45) is 18.2. The van der Waals surface area contributed by atoms with E-state index < -0.39 is 0 Å². The van der Waals surface area contributed by atoms with Crippen LogP contribution in [0.15, 0.2) is 18.5 Å². The molecule has 1 heterocycles. The highest BCUT2D eigenvalue weighted by molar-refractivity contribution is 5.15. The molecule has 1 rings (SSSR count). The van der Waals surface area contributed by atoms with Crippen molar-refractivity contribution in [3.63, 3.8) is 0 Å². The van der Waals surface area contributed by atoms with Crippen LogP contribution in [0.1, 0.15) is 89.7 Å². The molecule has 0 aliphatic carbocycles. The van der Waals surface area contributed by atoms with Crippen LogP contribution in [-0.2, 0) is 6.54 Å². The molecule has 1 N–H and O–H groups in total. The fourth-order valence-corrected chi connectivity index (χ4v) is 3.00. The number of hydrogen-bond acceptors (Lipinski definition) is 1. The maximum Gasteiger partial charge on any atom is 0.0332 e. The van der Waals surface area contributed by atoms with Gasteiger partial charge in [-0.2, -0.15) is 0 Å². The van der Waals surface area contributed by atoms with Gasteiger partial charge in [-0.05, 0) is 31.5 Å². The van der Waals surface area contributed by atoms with E-state index in [4.69, 9.17) is 0 Å². The Morgan fingerprint density at radius 1 is 0.952 bits per heavy atom. The van der Waals surface area contributed by atoms with Crippen LogP contribution < -0.4 is 5.32 Å². The van der Waals surface area contributed by atoms with Crippen molar-refractivity contribution in [1.29, 1.82) is 0 Å². The van der Waals surface area contributed by atoms with Gasteiger partial charge >= 0.3 is 0 Å². The highest BCUT2D eigenvalue weighted by Crippen LogP contribution is 2.18. The number of nitrogens with one attached hydrogen (secondary N) is 1. The molecule has 0 saturated carbocycles. The topological polar surface area (TPSA) is 17.0 Å². The molecule has 2 nitrogen and oxygen atoms in total. The lowest BCUT2D eigenvalue weighted by atomic mass is 10.1. The number of unbranched alkanes of at least 4 members (excludes halogenated alkanes) is 7. The average molecular weight is 293 g/mol. The summed E-state index contributed by atoms with van der Waals surface area (Å²) in [6.45, 7) is 5.71. The van der Waals surface area contributed by atoms with Gasteiger partial charge in [-0.25, -0.2) is 0 Å². The van der Waals surface area contributed by atoms with Crippen LogP contribution in [-0.4, -0.2) is 11.6 Å². The Morgan fingerprint density at radius 3 is 2.24 bits per heavy atom. The molecule has 0 aliphatic heterocycles. The van der Waals surface area contributed by atoms with E-state index in [2.05, 4.69) is 49.2 Å². The van der Waals surface area contributed by atoms with Gasteiger partial charge < -0.3 is 9.88 Å². The minimum absolute atomic E-state index is 0.523. The molecule has 0 saturated heterocycles. The fraction of sp³-hybridized carbons (Fsp3) is 0.789. The first-order valence-corrected chi connectivity index (χ1v) is 9.14. The summed E-state index contributed by atoms with van der Waals surface area (Å²) < 4.78 is 2.37. The Labute approximate surface area is 132 Å². The zero-order valence-electron chi connectivity index (χ0n) is 14.5. The zero-order chi connectivity index (χ0) is 15.3. The Balaban J connectivity index is 2.14. The number of aryl methyl sites for hydroxylation is 1. The molecule has 0 fully saturated rings. The first-order valence-electron chi connectivity index (χ1n) is 9.14. The summed E-state index contributed by atoms with van der Waals surface area (Å²) in [5.41, 5.74) is 1.44. The monoisotopic (exact) mass is 292 g/mol. The molecule has 2 heteroatoms. The third kappa shape index (κ3) is 7.71. The van der Waals surface area contributed by atoms with Crippen LogP contribution in [0.2, 0.25) is 0 Å². The molecule has 0 bridgehead atoms. The van der Waals surface area contributed by atoms with E-state index in [1.807, 2.05) is 0 Å². The van der Waals surface area contributed by atoms with Gasteiger partial charge in [0.1, 0.15) is 0 Å². The van der Waals surface area contributed by atoms with Crippen LogP contribution >= 0.6 is 0 Å². The maximum absolute atomic E-state index is 3.42. The molecule has 0 amide bonds. The van der Waals surface area contributed by atoms with Crippen molar-refractivity contribution in [2.24, 2.45) is 0 Å². The van der Waals surface area contributed by atoms with E-state index in [0.29, 0.717) is 6.04 Å². The van der Waals surface area contributed by atoms with Crippen molar-refractivity contribution in [3.8, 4) is 0 Å². The Hall–Kier alpha value is -0.760. The van der Waals surface area contributed by atoms with Gasteiger partial charge in [0.2, 0.25) is 0 Å². The SMILES string of the molecule is CCCCCCCCCCn1ccc(C(CCC)NC)c1. The summed E-state index contributed by atoms with van der Waals surface area (Å²) in [6, 6.07) is 2.80. The van der Waals surface area contributed by atoms with Crippen molar-refractivity contribution < 1.29 is 0 Å². The largest absolute Gasteiger partial charge is 0.354 e. The number of rotatable bonds is 13. The Bertz CT molecular complexity index is 343. The molecule has 0 aromatic carbocycles. The van der Waals surface area contributed by atoms with Crippen LogP contribution in [0.3, 0.4) is 0 Å². The lowest BCUT2D eigenvalue weighted by Gasteiger charge is -2.13. The standard InChI is InChI=1S/C19H36N2/c1-4-6-7-8-9-10-11-12-15-21-16-14-18(17-21)19(20-3)13-5-2/h14,16-17,19-20H,4-13,15H2,1-3H3. The second kappa shape index (κ2) is 11.9. The third-order valence-electron chi connectivity index (χ3n) is 4.37. The van der Waals surface area contributed by atoms with Gasteiger partial charge in [0.15, 0.2) is 0 Å². The second-order valence-electron chi connectivity index (χ2n) is 6.29. The molecule has 122 valence electrons. The zero-order valence-corrected chi connectivity index (χ0v) is 14.5. The third-order valence-corrected chi connectivity index (χ3v) is 4.37. The van der Waals surface area contributed by atoms with Crippen molar-refractivity contribution in [2.75, 3.05) is 7.05 Å². The van der Waals surface area contributed by atoms with Crippen LogP contribution in [0.25, 0.3) is 0 Å². The molecule has 1 aromatic rings. The molecule has 0 radical (unpaired) electrons. The van der Waals surface area contributed by atoms with Gasteiger partial charge in [-0.15, -0.1) is 0 Å². The average Bonchev–Trinajstić information content (AvgIpc) is 2.96. The van der Waals surface area contributed by atoms with E-state index in [9.17, 15) is 0 Å². The van der Waals surface area contributed by atoms with Gasteiger partial charge in [0, 0.05) is 25.0 Å². The van der Waals surface area contributed by atoms with Crippen molar-refractivity contribution in [3.05, 3.63) is 24.0 Å². The van der Waals surface area contributed by atoms with Gasteiger partial charge in [-0.3, -0.25) is 0 Å². The normalized spacial score (nSPS) is 12.7. The van der Waals surface area contributed by atoms with Crippen LogP contribution in [0.5, 0.6) is 0 Å². The van der Waals surface area contributed by atoms with E-state index in [1.165, 1.54) is 76.3 Å². The van der Waals surface area contributed by atoms with E-state index >= 15 is 0 Å².